The van der Waals surface area contributed by atoms with Gasteiger partial charge in [-0.3, -0.25) is 14.6 Å². The van der Waals surface area contributed by atoms with Crippen molar-refractivity contribution in [1.29, 1.82) is 0 Å². The Morgan fingerprint density at radius 3 is 2.70 bits per heavy atom. The van der Waals surface area contributed by atoms with Crippen LogP contribution in [-0.2, 0) is 4.79 Å². The third-order valence-electron chi connectivity index (χ3n) is 6.93. The van der Waals surface area contributed by atoms with Crippen molar-refractivity contribution in [1.82, 2.24) is 25.6 Å². The van der Waals surface area contributed by atoms with E-state index in [4.69, 9.17) is 4.74 Å². The normalized spacial score (nSPS) is 17.8. The fourth-order valence-electron chi connectivity index (χ4n) is 5.02. The smallest absolute Gasteiger partial charge is 0.332 e. The van der Waals surface area contributed by atoms with Crippen molar-refractivity contribution in [2.45, 2.75) is 38.3 Å². The van der Waals surface area contributed by atoms with E-state index in [-0.39, 0.29) is 23.9 Å². The van der Waals surface area contributed by atoms with Crippen LogP contribution in [0.1, 0.15) is 34.6 Å². The molecule has 5 heterocycles. The molecule has 4 aromatic rings. The fourth-order valence-corrected chi connectivity index (χ4v) is 6.04. The number of anilines is 3. The van der Waals surface area contributed by atoms with Gasteiger partial charge in [-0.1, -0.05) is 6.58 Å². The molecule has 0 bridgehead atoms. The molecule has 1 aliphatic heterocycles. The maximum Gasteiger partial charge on any atom is 0.332 e. The van der Waals surface area contributed by atoms with E-state index in [0.717, 1.165) is 25.0 Å². The second-order valence-electron chi connectivity index (χ2n) is 9.45. The number of rotatable bonds is 7. The molecule has 1 aliphatic carbocycles. The van der Waals surface area contributed by atoms with Gasteiger partial charge in [-0.05, 0) is 62.6 Å². The van der Waals surface area contributed by atoms with Crippen LogP contribution >= 0.6 is 11.3 Å². The van der Waals surface area contributed by atoms with Crippen LogP contribution in [0.5, 0.6) is 11.5 Å². The first-order valence-electron chi connectivity index (χ1n) is 12.7. The average Bonchev–Trinajstić information content (AvgIpc) is 3.55. The molecule has 0 aromatic carbocycles. The fraction of sp³-hybridized carbons (Fsp3) is 0.214. The van der Waals surface area contributed by atoms with Crippen molar-refractivity contribution < 1.29 is 19.1 Å². The molecule has 1 saturated carbocycles. The van der Waals surface area contributed by atoms with E-state index in [2.05, 4.69) is 37.5 Å². The highest BCUT2D eigenvalue weighted by molar-refractivity contribution is 7.21. The number of hydrogen-bond acceptors (Lipinski definition) is 8. The van der Waals surface area contributed by atoms with Crippen molar-refractivity contribution in [2.75, 3.05) is 10.2 Å². The lowest BCUT2D eigenvalue weighted by Gasteiger charge is -2.27. The van der Waals surface area contributed by atoms with Gasteiger partial charge in [0.1, 0.15) is 27.0 Å². The van der Waals surface area contributed by atoms with E-state index in [1.54, 1.807) is 42.9 Å². The Labute approximate surface area is 233 Å². The van der Waals surface area contributed by atoms with Crippen molar-refractivity contribution >= 4 is 56.6 Å². The van der Waals surface area contributed by atoms with Gasteiger partial charge in [0, 0.05) is 24.5 Å². The highest BCUT2D eigenvalue weighted by Gasteiger charge is 2.35. The van der Waals surface area contributed by atoms with Gasteiger partial charge in [-0.15, -0.1) is 11.3 Å². The number of nitrogens with one attached hydrogen (secondary N) is 3. The van der Waals surface area contributed by atoms with Crippen molar-refractivity contribution in [3.05, 3.63) is 72.1 Å². The Morgan fingerprint density at radius 2 is 1.95 bits per heavy atom. The number of amides is 4. The molecule has 2 aliphatic rings. The molecular formula is C28H25N7O4S. The molecule has 4 amide bonds. The minimum Gasteiger partial charge on any atom is -0.454 e. The van der Waals surface area contributed by atoms with E-state index in [1.165, 1.54) is 22.3 Å². The number of hydrogen-bond donors (Lipinski definition) is 3. The number of carbonyl (C=O) groups excluding carboxylic acids is 3. The predicted octanol–water partition coefficient (Wildman–Crippen LogP) is 4.82. The van der Waals surface area contributed by atoms with Crippen LogP contribution in [0.2, 0.25) is 0 Å². The third-order valence-corrected chi connectivity index (χ3v) is 8.03. The van der Waals surface area contributed by atoms with Gasteiger partial charge in [-0.25, -0.2) is 19.7 Å². The van der Waals surface area contributed by atoms with Gasteiger partial charge in [0.15, 0.2) is 0 Å². The molecule has 0 spiro atoms. The monoisotopic (exact) mass is 555 g/mol. The standard InChI is InChI=1S/C28H25N7O4S/c1-3-22(36)32-17-6-4-7-18(17)33-26(37)25-24-23-19(11-13-30-27(23)40-25)35(28(38)34-24)21-10-9-16(14-31-21)39-20-8-5-12-29-15(20)2/h3,5,8-14,17-18H,1,4,6-7H2,2H3,(H,32,36)(H,33,37)(H,34,38)/t17-,18+/m0/s1. The number of nitrogens with zero attached hydrogens (tertiary/aromatic N) is 4. The van der Waals surface area contributed by atoms with E-state index < -0.39 is 6.03 Å². The second kappa shape index (κ2) is 10.4. The number of pyridine rings is 3. The van der Waals surface area contributed by atoms with Gasteiger partial charge >= 0.3 is 6.03 Å². The molecule has 40 heavy (non-hydrogen) atoms. The average molecular weight is 556 g/mol. The number of thiophene rings is 1. The SMILES string of the molecule is C=CC(=O)N[C@H]1CCC[C@H]1NC(=O)c1sc2nccc3c2c1NC(=O)N3c1ccc(Oc2cccnc2C)cn1. The van der Waals surface area contributed by atoms with Crippen LogP contribution < -0.4 is 25.6 Å². The minimum absolute atomic E-state index is 0.181. The molecule has 202 valence electrons. The Morgan fingerprint density at radius 1 is 1.12 bits per heavy atom. The summed E-state index contributed by atoms with van der Waals surface area (Å²) in [6, 6.07) is 7.89. The number of carbonyl (C=O) groups is 3. The maximum absolute atomic E-state index is 13.4. The number of aromatic nitrogens is 3. The summed E-state index contributed by atoms with van der Waals surface area (Å²) in [6.45, 7) is 5.35. The minimum atomic E-state index is -0.450. The second-order valence-corrected chi connectivity index (χ2v) is 10.5. The largest absolute Gasteiger partial charge is 0.454 e. The lowest BCUT2D eigenvalue weighted by atomic mass is 10.1. The molecule has 4 aromatic heterocycles. The van der Waals surface area contributed by atoms with Crippen LogP contribution in [0.25, 0.3) is 10.2 Å². The van der Waals surface area contributed by atoms with E-state index >= 15 is 0 Å². The summed E-state index contributed by atoms with van der Waals surface area (Å²) >= 11 is 1.20. The summed E-state index contributed by atoms with van der Waals surface area (Å²) in [5, 5.41) is 9.46. The first kappa shape index (κ1) is 25.4. The van der Waals surface area contributed by atoms with Gasteiger partial charge in [0.2, 0.25) is 5.91 Å². The van der Waals surface area contributed by atoms with Gasteiger partial charge in [0.05, 0.1) is 28.7 Å². The first-order chi connectivity index (χ1) is 19.4. The quantitative estimate of drug-likeness (QED) is 0.278. The number of ether oxygens (including phenoxy) is 1. The summed E-state index contributed by atoms with van der Waals surface area (Å²) in [5.41, 5.74) is 1.73. The summed E-state index contributed by atoms with van der Waals surface area (Å²) in [7, 11) is 0. The molecule has 0 radical (unpaired) electrons. The summed E-state index contributed by atoms with van der Waals surface area (Å²) < 4.78 is 5.89. The molecule has 0 unspecified atom stereocenters. The molecule has 12 heteroatoms. The van der Waals surface area contributed by atoms with Crippen LogP contribution in [0.15, 0.2) is 61.6 Å². The molecule has 1 fully saturated rings. The molecular weight excluding hydrogens is 530 g/mol. The Kier molecular flexibility index (Phi) is 6.60. The van der Waals surface area contributed by atoms with Crippen molar-refractivity contribution in [3.63, 3.8) is 0 Å². The molecule has 6 rings (SSSR count). The molecule has 11 nitrogen and oxygen atoms in total. The van der Waals surface area contributed by atoms with Crippen molar-refractivity contribution in [2.24, 2.45) is 0 Å². The van der Waals surface area contributed by atoms with Crippen LogP contribution in [0, 0.1) is 6.92 Å². The van der Waals surface area contributed by atoms with E-state index in [0.29, 0.717) is 43.8 Å². The zero-order valence-electron chi connectivity index (χ0n) is 21.5. The van der Waals surface area contributed by atoms with Crippen molar-refractivity contribution in [3.8, 4) is 11.5 Å². The zero-order valence-corrected chi connectivity index (χ0v) is 22.3. The molecule has 3 N–H and O–H groups in total. The number of urea groups is 1. The van der Waals surface area contributed by atoms with Gasteiger partial charge < -0.3 is 20.7 Å². The Bertz CT molecular complexity index is 1650. The van der Waals surface area contributed by atoms with E-state index in [1.807, 2.05) is 13.0 Å². The predicted molar refractivity (Wildman–Crippen MR) is 151 cm³/mol. The summed E-state index contributed by atoms with van der Waals surface area (Å²) in [4.78, 5) is 54.1. The lowest BCUT2D eigenvalue weighted by molar-refractivity contribution is -0.117. The summed E-state index contributed by atoms with van der Waals surface area (Å²) in [5.74, 6) is 0.901. The number of aryl methyl sites for hydroxylation is 1. The Balaban J connectivity index is 1.27. The zero-order chi connectivity index (χ0) is 27.8. The van der Waals surface area contributed by atoms with Crippen LogP contribution in [0.4, 0.5) is 22.0 Å². The maximum atomic E-state index is 13.4. The van der Waals surface area contributed by atoms with Gasteiger partial charge in [0.25, 0.3) is 5.91 Å². The highest BCUT2D eigenvalue weighted by atomic mass is 32.1. The van der Waals surface area contributed by atoms with Crippen LogP contribution in [0.3, 0.4) is 0 Å². The molecule has 0 saturated heterocycles. The topological polar surface area (TPSA) is 138 Å². The third kappa shape index (κ3) is 4.62. The van der Waals surface area contributed by atoms with Gasteiger partial charge in [-0.2, -0.15) is 0 Å². The van der Waals surface area contributed by atoms with Crippen LogP contribution in [-0.4, -0.2) is 44.9 Å². The lowest BCUT2D eigenvalue weighted by Crippen LogP contribution is -2.48. The Hall–Kier alpha value is -4.84. The highest BCUT2D eigenvalue weighted by Crippen LogP contribution is 2.45. The summed E-state index contributed by atoms with van der Waals surface area (Å²) in [6.07, 6.45) is 8.44. The van der Waals surface area contributed by atoms with E-state index in [9.17, 15) is 14.4 Å². The molecule has 2 atom stereocenters. The first-order valence-corrected chi connectivity index (χ1v) is 13.6.